The molecule has 0 fully saturated rings. The van der Waals surface area contributed by atoms with Crippen molar-refractivity contribution in [1.29, 1.82) is 0 Å². The van der Waals surface area contributed by atoms with Crippen molar-refractivity contribution in [2.24, 2.45) is 10.9 Å². The number of nitrogens with one attached hydrogen (secondary N) is 1. The van der Waals surface area contributed by atoms with Gasteiger partial charge in [0.05, 0.1) is 29.1 Å². The van der Waals surface area contributed by atoms with E-state index in [0.717, 1.165) is 41.2 Å². The van der Waals surface area contributed by atoms with E-state index in [0.29, 0.717) is 17.7 Å². The molecule has 6 nitrogen and oxygen atoms in total. The van der Waals surface area contributed by atoms with E-state index in [1.165, 1.54) is 0 Å². The molecule has 0 spiro atoms. The third-order valence-electron chi connectivity index (χ3n) is 6.33. The second kappa shape index (κ2) is 7.78. The number of para-hydroxylation sites is 1. The van der Waals surface area contributed by atoms with Crippen LogP contribution in [0, 0.1) is 5.92 Å². The van der Waals surface area contributed by atoms with Crippen molar-refractivity contribution >= 4 is 17.4 Å². The fraction of sp³-hybridized carbons (Fsp3) is 0.320. The monoisotopic (exact) mass is 414 g/mol. The number of allylic oxidation sites excluding steroid dienone is 2. The van der Waals surface area contributed by atoms with E-state index in [9.17, 15) is 9.59 Å². The normalized spacial score (nSPS) is 24.0. The molecule has 2 atom stereocenters. The number of rotatable bonds is 6. The Kier molecular flexibility index (Phi) is 4.94. The van der Waals surface area contributed by atoms with Crippen LogP contribution < -0.4 is 15.9 Å². The van der Waals surface area contributed by atoms with Gasteiger partial charge in [-0.05, 0) is 44.3 Å². The topological polar surface area (TPSA) is 65.0 Å². The molecule has 1 aliphatic carbocycles. The summed E-state index contributed by atoms with van der Waals surface area (Å²) in [5.41, 5.74) is 2.76. The van der Waals surface area contributed by atoms with E-state index < -0.39 is 0 Å². The third kappa shape index (κ3) is 3.37. The molecule has 3 aliphatic heterocycles. The molecule has 0 aromatic heterocycles. The minimum atomic E-state index is -0.319. The summed E-state index contributed by atoms with van der Waals surface area (Å²) in [5, 5.41) is 4.36. The fourth-order valence-electron chi connectivity index (χ4n) is 4.91. The molecule has 3 heterocycles. The maximum atomic E-state index is 13.0. The maximum Gasteiger partial charge on any atom is 0.259 e. The molecule has 31 heavy (non-hydrogen) atoms. The average molecular weight is 415 g/mol. The van der Waals surface area contributed by atoms with Gasteiger partial charge in [-0.2, -0.15) is 0 Å². The molecular formula is C25H26N4O2. The Morgan fingerprint density at radius 1 is 1.10 bits per heavy atom. The second-order valence-corrected chi connectivity index (χ2v) is 8.61. The predicted molar refractivity (Wildman–Crippen MR) is 119 cm³/mol. The second-order valence-electron chi connectivity index (χ2n) is 8.61. The van der Waals surface area contributed by atoms with Crippen LogP contribution in [0.4, 0.5) is 0 Å². The standard InChI is InChI=1S/C25H26N4O2/c1-28(2)12-7-13-29-15-19(17-9-4-6-11-21(17)29)23-22(24(30)27-25(23)31)18-14-26-20-10-5-3-8-16(18)20/h3-6,8-11,15,17,21H,7,12-14H2,1-2H3,(H,27,30,31). The summed E-state index contributed by atoms with van der Waals surface area (Å²) >= 11 is 0. The van der Waals surface area contributed by atoms with Gasteiger partial charge in [0.25, 0.3) is 11.8 Å². The van der Waals surface area contributed by atoms with E-state index in [-0.39, 0.29) is 23.8 Å². The van der Waals surface area contributed by atoms with Crippen molar-refractivity contribution in [2.75, 3.05) is 33.7 Å². The van der Waals surface area contributed by atoms with Gasteiger partial charge in [-0.15, -0.1) is 0 Å². The first-order valence-electron chi connectivity index (χ1n) is 10.7. The largest absolute Gasteiger partial charge is 0.370 e. The van der Waals surface area contributed by atoms with E-state index >= 15 is 0 Å². The van der Waals surface area contributed by atoms with Crippen molar-refractivity contribution in [2.45, 2.75) is 12.5 Å². The Balaban J connectivity index is 1.60. The molecule has 0 radical (unpaired) electrons. The number of amides is 2. The van der Waals surface area contributed by atoms with Crippen LogP contribution in [-0.4, -0.2) is 61.4 Å². The highest BCUT2D eigenvalue weighted by molar-refractivity contribution is 6.27. The van der Waals surface area contributed by atoms with Crippen molar-refractivity contribution in [3.63, 3.8) is 0 Å². The number of carbonyl (C=O) groups is 2. The Hall–Kier alpha value is -3.25. The van der Waals surface area contributed by atoms with Gasteiger partial charge in [0.1, 0.15) is 0 Å². The summed E-state index contributed by atoms with van der Waals surface area (Å²) < 4.78 is 0. The summed E-state index contributed by atoms with van der Waals surface area (Å²) in [6.45, 7) is 2.32. The van der Waals surface area contributed by atoms with E-state index in [2.05, 4.69) is 58.6 Å². The molecule has 0 bridgehead atoms. The minimum absolute atomic E-state index is 0.0557. The molecule has 0 saturated carbocycles. The predicted octanol–water partition coefficient (Wildman–Crippen LogP) is 0.685. The zero-order valence-corrected chi connectivity index (χ0v) is 17.8. The molecule has 4 aliphatic rings. The highest BCUT2D eigenvalue weighted by Crippen LogP contribution is 2.40. The number of carbonyl (C=O) groups excluding carboxylic acids is 2. The number of nitrogens with zero attached hydrogens (tertiary/aromatic N) is 3. The van der Waals surface area contributed by atoms with Crippen LogP contribution in [0.1, 0.15) is 6.42 Å². The number of fused-ring (bicyclic) bond motifs is 2. The highest BCUT2D eigenvalue weighted by atomic mass is 16.2. The van der Waals surface area contributed by atoms with Crippen LogP contribution in [0.15, 0.2) is 76.5 Å². The third-order valence-corrected chi connectivity index (χ3v) is 6.33. The average Bonchev–Trinajstić information content (AvgIpc) is 3.41. The molecular weight excluding hydrogens is 388 g/mol. The smallest absolute Gasteiger partial charge is 0.259 e. The lowest BCUT2D eigenvalue weighted by molar-refractivity contribution is -0.123. The van der Waals surface area contributed by atoms with Gasteiger partial charge < -0.3 is 9.80 Å². The Labute approximate surface area is 181 Å². The Morgan fingerprint density at radius 2 is 1.87 bits per heavy atom. The van der Waals surface area contributed by atoms with Crippen molar-refractivity contribution in [1.82, 2.24) is 15.1 Å². The summed E-state index contributed by atoms with van der Waals surface area (Å²) in [5.74, 6) is -0.569. The fourth-order valence-corrected chi connectivity index (χ4v) is 4.91. The van der Waals surface area contributed by atoms with Crippen molar-refractivity contribution in [3.8, 4) is 0 Å². The molecule has 1 aromatic carbocycles. The van der Waals surface area contributed by atoms with Crippen molar-refractivity contribution in [3.05, 3.63) is 82.1 Å². The maximum absolute atomic E-state index is 13.0. The van der Waals surface area contributed by atoms with Crippen LogP contribution in [-0.2, 0) is 9.59 Å². The number of benzene rings is 1. The summed E-state index contributed by atoms with van der Waals surface area (Å²) in [6, 6.07) is 7.98. The zero-order valence-electron chi connectivity index (χ0n) is 17.8. The highest BCUT2D eigenvalue weighted by Gasteiger charge is 2.42. The van der Waals surface area contributed by atoms with Crippen LogP contribution >= 0.6 is 0 Å². The zero-order chi connectivity index (χ0) is 21.5. The lowest BCUT2D eigenvalue weighted by Gasteiger charge is -2.28. The lowest BCUT2D eigenvalue weighted by Crippen LogP contribution is -2.33. The van der Waals surface area contributed by atoms with Gasteiger partial charge in [-0.1, -0.05) is 42.5 Å². The van der Waals surface area contributed by atoms with Gasteiger partial charge in [0.2, 0.25) is 0 Å². The minimum Gasteiger partial charge on any atom is -0.370 e. The van der Waals surface area contributed by atoms with Crippen LogP contribution in [0.25, 0.3) is 5.57 Å². The summed E-state index contributed by atoms with van der Waals surface area (Å²) in [4.78, 5) is 35.0. The Bertz CT molecular complexity index is 1200. The molecule has 2 unspecified atom stereocenters. The summed E-state index contributed by atoms with van der Waals surface area (Å²) in [7, 11) is 4.15. The van der Waals surface area contributed by atoms with E-state index in [1.807, 2.05) is 30.3 Å². The first-order valence-corrected chi connectivity index (χ1v) is 10.7. The molecule has 5 rings (SSSR count). The first-order chi connectivity index (χ1) is 15.0. The SMILES string of the molecule is CN(C)CCCN1C=C(C2=C(C3=c4ccccc4=NC3)C(=O)NC2=O)C2C=CC=CC21. The molecule has 1 aromatic rings. The molecule has 1 N–H and O–H groups in total. The van der Waals surface area contributed by atoms with Crippen molar-refractivity contribution < 1.29 is 9.59 Å². The molecule has 6 heteroatoms. The quantitative estimate of drug-likeness (QED) is 0.696. The van der Waals surface area contributed by atoms with Crippen LogP contribution in [0.2, 0.25) is 0 Å². The molecule has 158 valence electrons. The van der Waals surface area contributed by atoms with Gasteiger partial charge >= 0.3 is 0 Å². The van der Waals surface area contributed by atoms with Gasteiger partial charge in [-0.25, -0.2) is 0 Å². The Morgan fingerprint density at radius 3 is 2.71 bits per heavy atom. The number of hydrogen-bond acceptors (Lipinski definition) is 5. The number of hydrogen-bond donors (Lipinski definition) is 1. The summed E-state index contributed by atoms with van der Waals surface area (Å²) in [6.07, 6.45) is 11.5. The van der Waals surface area contributed by atoms with Crippen LogP contribution in [0.3, 0.4) is 0 Å². The van der Waals surface area contributed by atoms with Gasteiger partial charge in [0.15, 0.2) is 0 Å². The number of imide groups is 1. The molecule has 0 saturated heterocycles. The van der Waals surface area contributed by atoms with Gasteiger partial charge in [-0.3, -0.25) is 19.9 Å². The van der Waals surface area contributed by atoms with E-state index in [1.54, 1.807) is 0 Å². The van der Waals surface area contributed by atoms with E-state index in [4.69, 9.17) is 0 Å². The van der Waals surface area contributed by atoms with Crippen LogP contribution in [0.5, 0.6) is 0 Å². The molecule has 2 amide bonds. The van der Waals surface area contributed by atoms with Gasteiger partial charge in [0, 0.05) is 23.9 Å². The first kappa shape index (κ1) is 19.7. The lowest BCUT2D eigenvalue weighted by atomic mass is 9.84.